The number of amides is 2. The first kappa shape index (κ1) is 15.8. The highest BCUT2D eigenvalue weighted by Crippen LogP contribution is 2.28. The van der Waals surface area contributed by atoms with Crippen molar-refractivity contribution in [2.45, 2.75) is 31.7 Å². The van der Waals surface area contributed by atoms with Gasteiger partial charge in [0.15, 0.2) is 11.6 Å². The lowest BCUT2D eigenvalue weighted by Gasteiger charge is -2.36. The Balaban J connectivity index is 1.61. The molecule has 0 aliphatic carbocycles. The van der Waals surface area contributed by atoms with Gasteiger partial charge < -0.3 is 15.0 Å². The lowest BCUT2D eigenvalue weighted by molar-refractivity contribution is -0.136. The van der Waals surface area contributed by atoms with Crippen LogP contribution in [0.2, 0.25) is 0 Å². The normalized spacial score (nSPS) is 23.4. The molecule has 5 nitrogen and oxygen atoms in total. The molecule has 2 heterocycles. The van der Waals surface area contributed by atoms with Crippen molar-refractivity contribution in [1.29, 1.82) is 0 Å². The van der Waals surface area contributed by atoms with Crippen LogP contribution in [-0.4, -0.2) is 43.0 Å². The van der Waals surface area contributed by atoms with E-state index in [1.165, 1.54) is 13.2 Å². The Labute approximate surface area is 134 Å². The van der Waals surface area contributed by atoms with Crippen LogP contribution in [0.1, 0.15) is 24.8 Å². The number of nitrogens with zero attached hydrogens (tertiary/aromatic N) is 1. The Morgan fingerprint density at radius 1 is 1.48 bits per heavy atom. The average molecular weight is 320 g/mol. The lowest BCUT2D eigenvalue weighted by atomic mass is 9.91. The smallest absolute Gasteiger partial charge is 0.225 e. The Kier molecular flexibility index (Phi) is 4.50. The number of rotatable bonds is 4. The number of hydrogen-bond donors (Lipinski definition) is 1. The third-order valence-corrected chi connectivity index (χ3v) is 4.77. The molecule has 1 aromatic carbocycles. The van der Waals surface area contributed by atoms with E-state index < -0.39 is 5.82 Å². The topological polar surface area (TPSA) is 58.6 Å². The molecule has 0 bridgehead atoms. The van der Waals surface area contributed by atoms with Crippen LogP contribution in [0.5, 0.6) is 5.75 Å². The van der Waals surface area contributed by atoms with Crippen molar-refractivity contribution in [3.05, 3.63) is 29.6 Å². The Morgan fingerprint density at radius 3 is 3.04 bits per heavy atom. The van der Waals surface area contributed by atoms with Crippen molar-refractivity contribution in [3.63, 3.8) is 0 Å². The second kappa shape index (κ2) is 6.56. The van der Waals surface area contributed by atoms with Crippen LogP contribution in [0, 0.1) is 11.7 Å². The lowest BCUT2D eigenvalue weighted by Crippen LogP contribution is -2.48. The zero-order valence-electron chi connectivity index (χ0n) is 13.2. The molecule has 2 aliphatic heterocycles. The van der Waals surface area contributed by atoms with Crippen molar-refractivity contribution in [2.24, 2.45) is 5.92 Å². The molecular formula is C17H21FN2O3. The number of aryl methyl sites for hydroxylation is 1. The molecule has 0 radical (unpaired) electrons. The molecule has 6 heteroatoms. The molecule has 2 atom stereocenters. The standard InChI is InChI=1S/C17H21FN2O3/c1-23-15-6-4-11(9-13(15)18)5-7-16(21)20-8-2-3-12-14(20)10-19-17(12)22/h4,6,9,12,14H,2-3,5,7-8,10H2,1H3,(H,19,22)/t12-,14-/m1/s1. The monoisotopic (exact) mass is 320 g/mol. The molecule has 0 saturated carbocycles. The minimum absolute atomic E-state index is 0.0173. The van der Waals surface area contributed by atoms with Crippen LogP contribution in [-0.2, 0) is 16.0 Å². The van der Waals surface area contributed by atoms with Gasteiger partial charge >= 0.3 is 0 Å². The Hall–Kier alpha value is -2.11. The molecule has 124 valence electrons. The average Bonchev–Trinajstić information content (AvgIpc) is 2.94. The third kappa shape index (κ3) is 3.16. The van der Waals surface area contributed by atoms with Gasteiger partial charge in [0.25, 0.3) is 0 Å². The summed E-state index contributed by atoms with van der Waals surface area (Å²) in [4.78, 5) is 26.1. The number of nitrogens with one attached hydrogen (secondary N) is 1. The number of carbonyl (C=O) groups is 2. The van der Waals surface area contributed by atoms with Gasteiger partial charge in [-0.3, -0.25) is 9.59 Å². The largest absolute Gasteiger partial charge is 0.494 e. The summed E-state index contributed by atoms with van der Waals surface area (Å²) in [6.45, 7) is 1.25. The maximum Gasteiger partial charge on any atom is 0.225 e. The van der Waals surface area contributed by atoms with Crippen LogP contribution in [0.25, 0.3) is 0 Å². The summed E-state index contributed by atoms with van der Waals surface area (Å²) in [5.74, 6) is -0.182. The first-order valence-electron chi connectivity index (χ1n) is 7.99. The second-order valence-electron chi connectivity index (χ2n) is 6.12. The van der Waals surface area contributed by atoms with E-state index in [-0.39, 0.29) is 29.5 Å². The summed E-state index contributed by atoms with van der Waals surface area (Å²) in [6, 6.07) is 4.74. The van der Waals surface area contributed by atoms with E-state index in [4.69, 9.17) is 4.74 Å². The number of methoxy groups -OCH3 is 1. The number of benzene rings is 1. The molecule has 3 rings (SSSR count). The first-order valence-corrected chi connectivity index (χ1v) is 7.99. The summed E-state index contributed by atoms with van der Waals surface area (Å²) < 4.78 is 18.6. The number of ether oxygens (including phenoxy) is 1. The summed E-state index contributed by atoms with van der Waals surface area (Å²) >= 11 is 0. The van der Waals surface area contributed by atoms with Crippen molar-refractivity contribution >= 4 is 11.8 Å². The van der Waals surface area contributed by atoms with Crippen molar-refractivity contribution < 1.29 is 18.7 Å². The Morgan fingerprint density at radius 2 is 2.30 bits per heavy atom. The summed E-state index contributed by atoms with van der Waals surface area (Å²) in [5, 5.41) is 2.84. The van der Waals surface area contributed by atoms with Gasteiger partial charge in [0.2, 0.25) is 11.8 Å². The molecule has 2 amide bonds. The molecule has 23 heavy (non-hydrogen) atoms. The van der Waals surface area contributed by atoms with E-state index in [9.17, 15) is 14.0 Å². The number of hydrogen-bond acceptors (Lipinski definition) is 3. The molecule has 1 N–H and O–H groups in total. The fourth-order valence-corrected chi connectivity index (χ4v) is 3.52. The van der Waals surface area contributed by atoms with Crippen LogP contribution >= 0.6 is 0 Å². The predicted octanol–water partition coefficient (Wildman–Crippen LogP) is 1.50. The van der Waals surface area contributed by atoms with Crippen molar-refractivity contribution in [1.82, 2.24) is 10.2 Å². The second-order valence-corrected chi connectivity index (χ2v) is 6.12. The molecule has 0 aromatic heterocycles. The third-order valence-electron chi connectivity index (χ3n) is 4.77. The van der Waals surface area contributed by atoms with Crippen LogP contribution in [0.3, 0.4) is 0 Å². The van der Waals surface area contributed by atoms with E-state index in [0.717, 1.165) is 18.4 Å². The van der Waals surface area contributed by atoms with E-state index in [1.807, 2.05) is 4.90 Å². The van der Waals surface area contributed by atoms with Gasteiger partial charge in [-0.25, -0.2) is 4.39 Å². The highest BCUT2D eigenvalue weighted by molar-refractivity contribution is 5.84. The van der Waals surface area contributed by atoms with Gasteiger partial charge in [0, 0.05) is 19.5 Å². The van der Waals surface area contributed by atoms with Crippen LogP contribution in [0.4, 0.5) is 4.39 Å². The van der Waals surface area contributed by atoms with Crippen molar-refractivity contribution in [3.8, 4) is 5.75 Å². The number of fused-ring (bicyclic) bond motifs is 1. The van der Waals surface area contributed by atoms with E-state index in [0.29, 0.717) is 25.9 Å². The van der Waals surface area contributed by atoms with Crippen LogP contribution < -0.4 is 10.1 Å². The molecular weight excluding hydrogens is 299 g/mol. The fourth-order valence-electron chi connectivity index (χ4n) is 3.52. The molecule has 2 saturated heterocycles. The molecule has 0 spiro atoms. The van der Waals surface area contributed by atoms with Gasteiger partial charge in [0.05, 0.1) is 19.1 Å². The first-order chi connectivity index (χ1) is 11.1. The number of piperidine rings is 1. The maximum absolute atomic E-state index is 13.7. The minimum Gasteiger partial charge on any atom is -0.494 e. The molecule has 1 aromatic rings. The Bertz CT molecular complexity index is 620. The predicted molar refractivity (Wildman–Crippen MR) is 82.5 cm³/mol. The summed E-state index contributed by atoms with van der Waals surface area (Å²) in [5.41, 5.74) is 0.769. The highest BCUT2D eigenvalue weighted by atomic mass is 19.1. The van der Waals surface area contributed by atoms with Gasteiger partial charge in [-0.15, -0.1) is 0 Å². The van der Waals surface area contributed by atoms with Gasteiger partial charge in [-0.05, 0) is 37.0 Å². The fraction of sp³-hybridized carbons (Fsp3) is 0.529. The molecule has 0 unspecified atom stereocenters. The van der Waals surface area contributed by atoms with E-state index in [2.05, 4.69) is 5.32 Å². The number of halogens is 1. The number of carbonyl (C=O) groups excluding carboxylic acids is 2. The maximum atomic E-state index is 13.7. The zero-order chi connectivity index (χ0) is 16.4. The van der Waals surface area contributed by atoms with Gasteiger partial charge in [-0.1, -0.05) is 6.07 Å². The molecule has 2 fully saturated rings. The highest BCUT2D eigenvalue weighted by Gasteiger charge is 2.42. The van der Waals surface area contributed by atoms with Crippen molar-refractivity contribution in [2.75, 3.05) is 20.2 Å². The van der Waals surface area contributed by atoms with E-state index in [1.54, 1.807) is 12.1 Å². The molecule has 2 aliphatic rings. The minimum atomic E-state index is -0.416. The summed E-state index contributed by atoms with van der Waals surface area (Å²) in [7, 11) is 1.42. The zero-order valence-corrected chi connectivity index (χ0v) is 13.2. The summed E-state index contributed by atoms with van der Waals surface area (Å²) in [6.07, 6.45) is 2.51. The number of likely N-dealkylation sites (tertiary alicyclic amines) is 1. The SMILES string of the molecule is COc1ccc(CCC(=O)N2CCC[C@H]3C(=O)NC[C@H]32)cc1F. The quantitative estimate of drug-likeness (QED) is 0.915. The van der Waals surface area contributed by atoms with Crippen LogP contribution in [0.15, 0.2) is 18.2 Å². The van der Waals surface area contributed by atoms with E-state index >= 15 is 0 Å². The van der Waals surface area contributed by atoms with Gasteiger partial charge in [0.1, 0.15) is 0 Å². The van der Waals surface area contributed by atoms with Gasteiger partial charge in [-0.2, -0.15) is 0 Å².